The van der Waals surface area contributed by atoms with Gasteiger partial charge in [0.25, 0.3) is 0 Å². The van der Waals surface area contributed by atoms with Gasteiger partial charge in [-0.05, 0) is 76.6 Å². The van der Waals surface area contributed by atoms with Crippen molar-refractivity contribution >= 4 is 33.4 Å². The van der Waals surface area contributed by atoms with Gasteiger partial charge in [0.1, 0.15) is 0 Å². The van der Waals surface area contributed by atoms with E-state index in [0.717, 1.165) is 12.8 Å². The van der Waals surface area contributed by atoms with Gasteiger partial charge in [0.05, 0.1) is 10.8 Å². The molecule has 1 N–H and O–H groups in total. The average molecular weight is 533 g/mol. The summed E-state index contributed by atoms with van der Waals surface area (Å²) in [5, 5.41) is 2.90. The molecule has 3 heterocycles. The molecule has 0 bridgehead atoms. The third kappa shape index (κ3) is 6.17. The van der Waals surface area contributed by atoms with Gasteiger partial charge >= 0.3 is 0 Å². The Morgan fingerprint density at radius 2 is 1.59 bits per heavy atom. The Hall–Kier alpha value is -2.46. The van der Waals surface area contributed by atoms with Crippen molar-refractivity contribution < 1.29 is 22.8 Å². The monoisotopic (exact) mass is 532 g/mol. The lowest BCUT2D eigenvalue weighted by molar-refractivity contribution is -0.138. The Morgan fingerprint density at radius 3 is 2.16 bits per heavy atom. The molecular weight excluding hydrogens is 492 g/mol. The fourth-order valence-electron chi connectivity index (χ4n) is 5.61. The smallest absolute Gasteiger partial charge is 0.243 e. The molecule has 0 radical (unpaired) electrons. The molecule has 3 amide bonds. The number of rotatable bonds is 5. The van der Waals surface area contributed by atoms with Crippen molar-refractivity contribution in [2.24, 2.45) is 17.8 Å². The highest BCUT2D eigenvalue weighted by molar-refractivity contribution is 7.89. The van der Waals surface area contributed by atoms with Gasteiger partial charge in [-0.1, -0.05) is 6.92 Å². The maximum Gasteiger partial charge on any atom is 0.243 e. The normalized spacial score (nSPS) is 24.4. The largest absolute Gasteiger partial charge is 0.342 e. The minimum absolute atomic E-state index is 0.00106. The number of benzene rings is 1. The first-order valence-electron chi connectivity index (χ1n) is 13.4. The number of anilines is 1. The van der Waals surface area contributed by atoms with Crippen LogP contribution in [-0.2, 0) is 24.4 Å². The van der Waals surface area contributed by atoms with Crippen LogP contribution in [0, 0.1) is 17.8 Å². The third-order valence-electron chi connectivity index (χ3n) is 7.84. The zero-order valence-corrected chi connectivity index (χ0v) is 23.2. The number of piperidine rings is 2. The van der Waals surface area contributed by atoms with Gasteiger partial charge in [-0.2, -0.15) is 4.31 Å². The van der Waals surface area contributed by atoms with Gasteiger partial charge in [0, 0.05) is 56.3 Å². The van der Waals surface area contributed by atoms with Crippen LogP contribution in [0.5, 0.6) is 0 Å². The highest BCUT2D eigenvalue weighted by atomic mass is 32.2. The van der Waals surface area contributed by atoms with Crippen molar-refractivity contribution in [1.82, 2.24) is 14.1 Å². The quantitative estimate of drug-likeness (QED) is 0.628. The van der Waals surface area contributed by atoms with Crippen LogP contribution in [0.4, 0.5) is 5.69 Å². The van der Waals surface area contributed by atoms with E-state index in [1.807, 2.05) is 20.8 Å². The molecule has 37 heavy (non-hydrogen) atoms. The molecule has 1 aromatic carbocycles. The molecule has 0 spiro atoms. The first-order chi connectivity index (χ1) is 17.4. The predicted octanol–water partition coefficient (Wildman–Crippen LogP) is 2.93. The van der Waals surface area contributed by atoms with Gasteiger partial charge in [0.15, 0.2) is 0 Å². The van der Waals surface area contributed by atoms with Crippen molar-refractivity contribution in [2.75, 3.05) is 38.0 Å². The summed E-state index contributed by atoms with van der Waals surface area (Å²) in [6, 6.07) is 6.37. The molecule has 9 nitrogen and oxygen atoms in total. The Morgan fingerprint density at radius 1 is 0.946 bits per heavy atom. The minimum atomic E-state index is -3.54. The minimum Gasteiger partial charge on any atom is -0.342 e. The number of sulfonamides is 1. The molecule has 204 valence electrons. The van der Waals surface area contributed by atoms with Gasteiger partial charge in [-0.15, -0.1) is 0 Å². The number of carbonyl (C=O) groups excluding carboxylic acids is 3. The lowest BCUT2D eigenvalue weighted by Gasteiger charge is -2.34. The Labute approximate surface area is 220 Å². The molecule has 2 unspecified atom stereocenters. The lowest BCUT2D eigenvalue weighted by atomic mass is 9.94. The van der Waals surface area contributed by atoms with Gasteiger partial charge in [-0.3, -0.25) is 14.4 Å². The van der Waals surface area contributed by atoms with Crippen LogP contribution >= 0.6 is 0 Å². The van der Waals surface area contributed by atoms with E-state index in [9.17, 15) is 22.8 Å². The standard InChI is InChI=1S/C27H40N4O5S/c1-19-6-5-13-30(17-19)37(35,36)23-9-7-22(8-10-23)28-25(33)20-11-14-29(15-12-20)26(34)21-16-24(32)31(18-21)27(2,3)4/h7-10,19-21H,5-6,11-18H2,1-4H3,(H,28,33). The van der Waals surface area contributed by atoms with Crippen LogP contribution in [0.2, 0.25) is 0 Å². The zero-order valence-electron chi connectivity index (χ0n) is 22.4. The highest BCUT2D eigenvalue weighted by Gasteiger charge is 2.41. The SMILES string of the molecule is CC1CCCN(S(=O)(=O)c2ccc(NC(=O)C3CCN(C(=O)C4CC(=O)N(C(C)(C)C)C4)CC3)cc2)C1. The predicted molar refractivity (Wildman–Crippen MR) is 141 cm³/mol. The van der Waals surface area contributed by atoms with Crippen molar-refractivity contribution in [3.63, 3.8) is 0 Å². The molecule has 3 fully saturated rings. The second-order valence-corrected chi connectivity index (χ2v) is 13.7. The van der Waals surface area contributed by atoms with Crippen LogP contribution in [0.25, 0.3) is 0 Å². The van der Waals surface area contributed by atoms with Crippen molar-refractivity contribution in [1.29, 1.82) is 0 Å². The van der Waals surface area contributed by atoms with Gasteiger partial charge < -0.3 is 15.1 Å². The lowest BCUT2D eigenvalue weighted by Crippen LogP contribution is -2.46. The molecule has 0 saturated carbocycles. The molecule has 3 saturated heterocycles. The van der Waals surface area contributed by atoms with Crippen LogP contribution in [0.15, 0.2) is 29.2 Å². The first kappa shape index (κ1) is 27.6. The number of carbonyl (C=O) groups is 3. The van der Waals surface area contributed by atoms with E-state index in [1.54, 1.807) is 38.4 Å². The van der Waals surface area contributed by atoms with Crippen LogP contribution in [-0.4, -0.2) is 78.5 Å². The maximum absolute atomic E-state index is 13.0. The topological polar surface area (TPSA) is 107 Å². The molecule has 0 aromatic heterocycles. The second-order valence-electron chi connectivity index (χ2n) is 11.8. The Bertz CT molecular complexity index is 1120. The summed E-state index contributed by atoms with van der Waals surface area (Å²) >= 11 is 0. The second kappa shape index (κ2) is 10.7. The van der Waals surface area contributed by atoms with Gasteiger partial charge in [0.2, 0.25) is 27.7 Å². The van der Waals surface area contributed by atoms with E-state index < -0.39 is 10.0 Å². The summed E-state index contributed by atoms with van der Waals surface area (Å²) in [7, 11) is -3.54. The van der Waals surface area contributed by atoms with E-state index >= 15 is 0 Å². The molecule has 4 rings (SSSR count). The number of likely N-dealkylation sites (tertiary alicyclic amines) is 2. The van der Waals surface area contributed by atoms with Crippen molar-refractivity contribution in [3.8, 4) is 0 Å². The average Bonchev–Trinajstić information content (AvgIpc) is 3.26. The summed E-state index contributed by atoms with van der Waals surface area (Å²) in [6.45, 7) is 10.5. The Balaban J connectivity index is 1.28. The number of hydrogen-bond donors (Lipinski definition) is 1. The maximum atomic E-state index is 13.0. The fraction of sp³-hybridized carbons (Fsp3) is 0.667. The fourth-order valence-corrected chi connectivity index (χ4v) is 7.21. The van der Waals surface area contributed by atoms with Crippen LogP contribution in [0.1, 0.15) is 59.8 Å². The van der Waals surface area contributed by atoms with Crippen molar-refractivity contribution in [3.05, 3.63) is 24.3 Å². The third-order valence-corrected chi connectivity index (χ3v) is 9.72. The summed E-state index contributed by atoms with van der Waals surface area (Å²) < 4.78 is 27.5. The van der Waals surface area contributed by atoms with E-state index in [2.05, 4.69) is 12.2 Å². The van der Waals surface area contributed by atoms with E-state index in [0.29, 0.717) is 57.2 Å². The van der Waals surface area contributed by atoms with E-state index in [4.69, 9.17) is 0 Å². The number of hydrogen-bond acceptors (Lipinski definition) is 5. The highest BCUT2D eigenvalue weighted by Crippen LogP contribution is 2.29. The summed E-state index contributed by atoms with van der Waals surface area (Å²) in [4.78, 5) is 42.1. The Kier molecular flexibility index (Phi) is 7.99. The van der Waals surface area contributed by atoms with Crippen LogP contribution in [0.3, 0.4) is 0 Å². The number of nitrogens with one attached hydrogen (secondary N) is 1. The van der Waals surface area contributed by atoms with E-state index in [1.165, 1.54) is 0 Å². The van der Waals surface area contributed by atoms with Crippen molar-refractivity contribution in [2.45, 2.75) is 70.2 Å². The summed E-state index contributed by atoms with van der Waals surface area (Å²) in [5.41, 5.74) is 0.257. The molecule has 10 heteroatoms. The summed E-state index contributed by atoms with van der Waals surface area (Å²) in [6.07, 6.45) is 3.27. The van der Waals surface area contributed by atoms with Crippen LogP contribution < -0.4 is 5.32 Å². The van der Waals surface area contributed by atoms with E-state index in [-0.39, 0.29) is 46.4 Å². The number of amides is 3. The molecule has 3 aliphatic heterocycles. The first-order valence-corrected chi connectivity index (χ1v) is 14.8. The molecular formula is C27H40N4O5S. The number of nitrogens with zero attached hydrogens (tertiary/aromatic N) is 3. The zero-order chi connectivity index (χ0) is 27.0. The molecule has 2 atom stereocenters. The molecule has 3 aliphatic rings. The molecule has 1 aromatic rings. The molecule has 0 aliphatic carbocycles. The van der Waals surface area contributed by atoms with Gasteiger partial charge in [-0.25, -0.2) is 8.42 Å². The summed E-state index contributed by atoms with van der Waals surface area (Å²) in [5.74, 6) is -0.299.